The van der Waals surface area contributed by atoms with E-state index in [1.54, 1.807) is 18.4 Å². The van der Waals surface area contributed by atoms with Crippen LogP contribution in [0.4, 0.5) is 10.8 Å². The maximum absolute atomic E-state index is 12.3. The normalized spacial score (nSPS) is 10.8. The van der Waals surface area contributed by atoms with Crippen molar-refractivity contribution in [1.29, 1.82) is 0 Å². The minimum absolute atomic E-state index is 0.142. The zero-order valence-corrected chi connectivity index (χ0v) is 16.2. The van der Waals surface area contributed by atoms with Gasteiger partial charge in [-0.3, -0.25) is 14.9 Å². The Morgan fingerprint density at radius 2 is 2.04 bits per heavy atom. The van der Waals surface area contributed by atoms with Crippen molar-refractivity contribution in [3.63, 3.8) is 0 Å². The summed E-state index contributed by atoms with van der Waals surface area (Å²) in [5.74, 6) is 0.513. The van der Waals surface area contributed by atoms with Crippen LogP contribution in [0.15, 0.2) is 46.4 Å². The molecule has 0 radical (unpaired) electrons. The number of anilines is 2. The highest BCUT2D eigenvalue weighted by Crippen LogP contribution is 2.20. The SMILES string of the molecule is Cc1occc1C(=O)Nc1nc(CC(=O)Nc2cccc(C(C)C)c2)cs1. The first-order chi connectivity index (χ1) is 12.9. The van der Waals surface area contributed by atoms with Gasteiger partial charge in [0.1, 0.15) is 5.76 Å². The van der Waals surface area contributed by atoms with Crippen molar-refractivity contribution in [2.24, 2.45) is 0 Å². The van der Waals surface area contributed by atoms with Crippen LogP contribution in [0.3, 0.4) is 0 Å². The highest BCUT2D eigenvalue weighted by molar-refractivity contribution is 7.14. The number of hydrogen-bond donors (Lipinski definition) is 2. The first-order valence-corrected chi connectivity index (χ1v) is 9.50. The summed E-state index contributed by atoms with van der Waals surface area (Å²) in [5.41, 5.74) is 3.01. The van der Waals surface area contributed by atoms with Crippen molar-refractivity contribution >= 4 is 34.0 Å². The molecule has 2 N–H and O–H groups in total. The molecule has 0 saturated carbocycles. The fourth-order valence-corrected chi connectivity index (χ4v) is 3.28. The molecular formula is C20H21N3O3S. The predicted molar refractivity (Wildman–Crippen MR) is 106 cm³/mol. The number of furan rings is 1. The van der Waals surface area contributed by atoms with E-state index < -0.39 is 0 Å². The molecule has 2 heterocycles. The van der Waals surface area contributed by atoms with Crippen molar-refractivity contribution in [3.8, 4) is 0 Å². The first-order valence-electron chi connectivity index (χ1n) is 8.62. The molecule has 140 valence electrons. The number of carbonyl (C=O) groups excluding carboxylic acids is 2. The number of nitrogens with one attached hydrogen (secondary N) is 2. The average molecular weight is 383 g/mol. The molecule has 1 aromatic carbocycles. The van der Waals surface area contributed by atoms with E-state index in [4.69, 9.17) is 4.42 Å². The van der Waals surface area contributed by atoms with Gasteiger partial charge in [-0.25, -0.2) is 4.98 Å². The lowest BCUT2D eigenvalue weighted by atomic mass is 10.0. The van der Waals surface area contributed by atoms with E-state index in [-0.39, 0.29) is 18.2 Å². The summed E-state index contributed by atoms with van der Waals surface area (Å²) >= 11 is 1.28. The molecule has 0 unspecified atom stereocenters. The predicted octanol–water partition coefficient (Wildman–Crippen LogP) is 4.60. The van der Waals surface area contributed by atoms with Gasteiger partial charge in [0.05, 0.1) is 23.9 Å². The first kappa shape index (κ1) is 18.8. The van der Waals surface area contributed by atoms with Crippen LogP contribution >= 0.6 is 11.3 Å². The van der Waals surface area contributed by atoms with E-state index >= 15 is 0 Å². The number of benzene rings is 1. The minimum atomic E-state index is -0.280. The largest absolute Gasteiger partial charge is 0.469 e. The Balaban J connectivity index is 1.59. The second-order valence-electron chi connectivity index (χ2n) is 6.49. The molecule has 0 fully saturated rings. The Bertz CT molecular complexity index is 959. The van der Waals surface area contributed by atoms with E-state index in [0.717, 1.165) is 5.69 Å². The van der Waals surface area contributed by atoms with Gasteiger partial charge < -0.3 is 9.73 Å². The number of carbonyl (C=O) groups is 2. The minimum Gasteiger partial charge on any atom is -0.469 e. The maximum Gasteiger partial charge on any atom is 0.260 e. The van der Waals surface area contributed by atoms with Crippen LogP contribution in [0.1, 0.15) is 47.1 Å². The third-order valence-electron chi connectivity index (χ3n) is 4.05. The van der Waals surface area contributed by atoms with Gasteiger partial charge in [-0.1, -0.05) is 26.0 Å². The van der Waals surface area contributed by atoms with Gasteiger partial charge in [0.15, 0.2) is 5.13 Å². The van der Waals surface area contributed by atoms with Gasteiger partial charge in [0.25, 0.3) is 5.91 Å². The average Bonchev–Trinajstić information content (AvgIpc) is 3.23. The topological polar surface area (TPSA) is 84.2 Å². The molecule has 3 aromatic rings. The lowest BCUT2D eigenvalue weighted by molar-refractivity contribution is -0.115. The number of nitrogens with zero attached hydrogens (tertiary/aromatic N) is 1. The molecule has 0 bridgehead atoms. The lowest BCUT2D eigenvalue weighted by Crippen LogP contribution is -2.15. The maximum atomic E-state index is 12.3. The molecule has 0 saturated heterocycles. The molecule has 6 nitrogen and oxygen atoms in total. The van der Waals surface area contributed by atoms with Crippen molar-refractivity contribution in [2.75, 3.05) is 10.6 Å². The van der Waals surface area contributed by atoms with Crippen molar-refractivity contribution in [2.45, 2.75) is 33.1 Å². The van der Waals surface area contributed by atoms with Crippen LogP contribution in [-0.2, 0) is 11.2 Å². The quantitative estimate of drug-likeness (QED) is 0.651. The fourth-order valence-electron chi connectivity index (χ4n) is 2.58. The number of rotatable bonds is 6. The van der Waals surface area contributed by atoms with Crippen LogP contribution in [0.25, 0.3) is 0 Å². The molecule has 0 aliphatic heterocycles. The molecule has 27 heavy (non-hydrogen) atoms. The molecular weight excluding hydrogens is 362 g/mol. The fraction of sp³-hybridized carbons (Fsp3) is 0.250. The van der Waals surface area contributed by atoms with Crippen molar-refractivity contribution < 1.29 is 14.0 Å². The van der Waals surface area contributed by atoms with Gasteiger partial charge >= 0.3 is 0 Å². The monoisotopic (exact) mass is 383 g/mol. The molecule has 0 aliphatic carbocycles. The summed E-state index contributed by atoms with van der Waals surface area (Å²) in [6.45, 7) is 5.94. The molecule has 2 aromatic heterocycles. The van der Waals surface area contributed by atoms with Gasteiger partial charge in [-0.05, 0) is 36.6 Å². The second kappa shape index (κ2) is 8.18. The summed E-state index contributed by atoms with van der Waals surface area (Å²) in [6, 6.07) is 9.42. The zero-order valence-electron chi connectivity index (χ0n) is 15.4. The molecule has 7 heteroatoms. The Kier molecular flexibility index (Phi) is 5.71. The highest BCUT2D eigenvalue weighted by Gasteiger charge is 2.14. The van der Waals surface area contributed by atoms with Gasteiger partial charge in [-0.2, -0.15) is 0 Å². The number of thiazole rings is 1. The standard InChI is InChI=1S/C20H21N3O3S/c1-12(2)14-5-4-6-15(9-14)21-18(24)10-16-11-27-20(22-16)23-19(25)17-7-8-26-13(17)3/h4-9,11-12H,10H2,1-3H3,(H,21,24)(H,22,23,25). The van der Waals surface area contributed by atoms with E-state index in [1.165, 1.54) is 23.2 Å². The molecule has 0 spiro atoms. The summed E-state index contributed by atoms with van der Waals surface area (Å²) in [4.78, 5) is 28.8. The Labute approximate surface area is 161 Å². The Morgan fingerprint density at radius 3 is 2.74 bits per heavy atom. The molecule has 2 amide bonds. The number of aryl methyl sites for hydroxylation is 1. The van der Waals surface area contributed by atoms with Gasteiger partial charge in [-0.15, -0.1) is 11.3 Å². The van der Waals surface area contributed by atoms with Crippen LogP contribution in [0.2, 0.25) is 0 Å². The molecule has 0 aliphatic rings. The summed E-state index contributed by atoms with van der Waals surface area (Å²) in [6.07, 6.45) is 1.61. The Hall–Kier alpha value is -2.93. The van der Waals surface area contributed by atoms with Crippen LogP contribution in [-0.4, -0.2) is 16.8 Å². The van der Waals surface area contributed by atoms with E-state index in [0.29, 0.717) is 28.1 Å². The number of aromatic nitrogens is 1. The second-order valence-corrected chi connectivity index (χ2v) is 7.35. The third kappa shape index (κ3) is 4.83. The van der Waals surface area contributed by atoms with Gasteiger partial charge in [0.2, 0.25) is 5.91 Å². The summed E-state index contributed by atoms with van der Waals surface area (Å²) in [7, 11) is 0. The number of hydrogen-bond acceptors (Lipinski definition) is 5. The van der Waals surface area contributed by atoms with E-state index in [2.05, 4.69) is 29.5 Å². The molecule has 0 atom stereocenters. The van der Waals surface area contributed by atoms with Gasteiger partial charge in [0, 0.05) is 11.1 Å². The van der Waals surface area contributed by atoms with E-state index in [1.807, 2.05) is 24.3 Å². The smallest absolute Gasteiger partial charge is 0.260 e. The summed E-state index contributed by atoms with van der Waals surface area (Å²) < 4.78 is 5.13. The highest BCUT2D eigenvalue weighted by atomic mass is 32.1. The zero-order chi connectivity index (χ0) is 19.4. The Morgan fingerprint density at radius 1 is 1.22 bits per heavy atom. The summed E-state index contributed by atoms with van der Waals surface area (Å²) in [5, 5.41) is 7.83. The van der Waals surface area contributed by atoms with Crippen LogP contribution in [0, 0.1) is 6.92 Å². The third-order valence-corrected chi connectivity index (χ3v) is 4.86. The van der Waals surface area contributed by atoms with Crippen LogP contribution in [0.5, 0.6) is 0 Å². The van der Waals surface area contributed by atoms with Crippen molar-refractivity contribution in [1.82, 2.24) is 4.98 Å². The van der Waals surface area contributed by atoms with Crippen LogP contribution < -0.4 is 10.6 Å². The number of amides is 2. The lowest BCUT2D eigenvalue weighted by Gasteiger charge is -2.09. The van der Waals surface area contributed by atoms with Crippen molar-refractivity contribution in [3.05, 3.63) is 64.6 Å². The molecule has 3 rings (SSSR count). The van der Waals surface area contributed by atoms with E-state index in [9.17, 15) is 9.59 Å².